The summed E-state index contributed by atoms with van der Waals surface area (Å²) in [6, 6.07) is 5.88. The van der Waals surface area contributed by atoms with Crippen molar-refractivity contribution in [3.8, 4) is 0 Å². The molecule has 0 bridgehead atoms. The molecule has 1 aromatic rings. The predicted octanol–water partition coefficient (Wildman–Crippen LogP) is 2.74. The maximum Gasteiger partial charge on any atom is 0.105 e. The minimum Gasteiger partial charge on any atom is -0.367 e. The lowest BCUT2D eigenvalue weighted by molar-refractivity contribution is -0.0627. The molecule has 0 radical (unpaired) electrons. The average Bonchev–Trinajstić information content (AvgIpc) is 2.04. The van der Waals surface area contributed by atoms with Crippen molar-refractivity contribution in [1.82, 2.24) is 4.98 Å². The second kappa shape index (κ2) is 3.88. The summed E-state index contributed by atoms with van der Waals surface area (Å²) in [4.78, 5) is 4.28. The Labute approximate surface area is 80.0 Å². The second-order valence-corrected chi connectivity index (χ2v) is 3.89. The number of nitrogens with zero attached hydrogens (tertiary/aromatic N) is 1. The third kappa shape index (κ3) is 2.81. The van der Waals surface area contributed by atoms with Crippen molar-refractivity contribution >= 4 is 0 Å². The van der Waals surface area contributed by atoms with Gasteiger partial charge in [0.05, 0.1) is 11.8 Å². The number of aromatic nitrogens is 1. The molecule has 0 saturated carbocycles. The van der Waals surface area contributed by atoms with Crippen LogP contribution < -0.4 is 0 Å². The molecule has 0 aromatic carbocycles. The molecule has 2 heteroatoms. The van der Waals surface area contributed by atoms with Crippen molar-refractivity contribution in [1.29, 1.82) is 0 Å². The molecule has 0 aliphatic carbocycles. The first-order valence-corrected chi connectivity index (χ1v) is 4.62. The van der Waals surface area contributed by atoms with Gasteiger partial charge in [-0.2, -0.15) is 0 Å². The number of ether oxygens (including phenoxy) is 1. The van der Waals surface area contributed by atoms with Crippen LogP contribution in [-0.4, -0.2) is 11.1 Å². The van der Waals surface area contributed by atoms with Crippen molar-refractivity contribution in [2.45, 2.75) is 39.4 Å². The number of hydrogen-bond donors (Lipinski definition) is 0. The SMILES string of the molecule is CC(C)OC(C)(C)c1ccccn1. The molecule has 0 N–H and O–H groups in total. The molecule has 0 fully saturated rings. The highest BCUT2D eigenvalue weighted by Gasteiger charge is 2.23. The van der Waals surface area contributed by atoms with Crippen LogP contribution in [0.2, 0.25) is 0 Å². The predicted molar refractivity (Wildman–Crippen MR) is 53.5 cm³/mol. The Hall–Kier alpha value is -0.890. The quantitative estimate of drug-likeness (QED) is 0.711. The van der Waals surface area contributed by atoms with Gasteiger partial charge in [-0.15, -0.1) is 0 Å². The maximum atomic E-state index is 5.76. The minimum absolute atomic E-state index is 0.219. The third-order valence-electron chi connectivity index (χ3n) is 1.81. The first-order valence-electron chi connectivity index (χ1n) is 4.62. The molecule has 1 rings (SSSR count). The standard InChI is InChI=1S/C11H17NO/c1-9(2)13-11(3,4)10-7-5-6-8-12-10/h5-9H,1-4H3. The Bertz CT molecular complexity index is 254. The van der Waals surface area contributed by atoms with Gasteiger partial charge >= 0.3 is 0 Å². The molecule has 0 amide bonds. The summed E-state index contributed by atoms with van der Waals surface area (Å²) in [7, 11) is 0. The molecule has 0 saturated heterocycles. The van der Waals surface area contributed by atoms with Crippen LogP contribution in [0.4, 0.5) is 0 Å². The molecule has 0 atom stereocenters. The Morgan fingerprint density at radius 1 is 1.31 bits per heavy atom. The molecule has 1 heterocycles. The average molecular weight is 179 g/mol. The van der Waals surface area contributed by atoms with E-state index in [0.717, 1.165) is 5.69 Å². The van der Waals surface area contributed by atoms with Gasteiger partial charge in [0.15, 0.2) is 0 Å². The Morgan fingerprint density at radius 3 is 2.46 bits per heavy atom. The molecule has 0 spiro atoms. The zero-order valence-corrected chi connectivity index (χ0v) is 8.74. The molecule has 72 valence electrons. The van der Waals surface area contributed by atoms with Crippen LogP contribution in [0, 0.1) is 0 Å². The van der Waals surface area contributed by atoms with E-state index in [0.29, 0.717) is 0 Å². The second-order valence-electron chi connectivity index (χ2n) is 3.89. The normalized spacial score (nSPS) is 12.1. The molecular formula is C11H17NO. The van der Waals surface area contributed by atoms with Gasteiger partial charge in [0.1, 0.15) is 5.60 Å². The van der Waals surface area contributed by atoms with Crippen LogP contribution in [-0.2, 0) is 10.3 Å². The van der Waals surface area contributed by atoms with Crippen LogP contribution >= 0.6 is 0 Å². The topological polar surface area (TPSA) is 22.1 Å². The first-order chi connectivity index (χ1) is 6.02. The minimum atomic E-state index is -0.296. The number of rotatable bonds is 3. The highest BCUT2D eigenvalue weighted by molar-refractivity contribution is 5.10. The lowest BCUT2D eigenvalue weighted by Crippen LogP contribution is -2.26. The molecule has 13 heavy (non-hydrogen) atoms. The van der Waals surface area contributed by atoms with Crippen LogP contribution in [0.15, 0.2) is 24.4 Å². The van der Waals surface area contributed by atoms with E-state index in [4.69, 9.17) is 4.74 Å². The van der Waals surface area contributed by atoms with Crippen LogP contribution in [0.5, 0.6) is 0 Å². The van der Waals surface area contributed by atoms with Gasteiger partial charge in [-0.1, -0.05) is 6.07 Å². The van der Waals surface area contributed by atoms with Crippen molar-refractivity contribution in [2.24, 2.45) is 0 Å². The van der Waals surface area contributed by atoms with E-state index in [2.05, 4.69) is 4.98 Å². The molecule has 0 aliphatic heterocycles. The smallest absolute Gasteiger partial charge is 0.105 e. The third-order valence-corrected chi connectivity index (χ3v) is 1.81. The Kier molecular flexibility index (Phi) is 3.04. The number of hydrogen-bond acceptors (Lipinski definition) is 2. The molecule has 0 unspecified atom stereocenters. The van der Waals surface area contributed by atoms with Gasteiger partial charge in [-0.05, 0) is 39.8 Å². The summed E-state index contributed by atoms with van der Waals surface area (Å²) < 4.78 is 5.76. The molecular weight excluding hydrogens is 162 g/mol. The van der Waals surface area contributed by atoms with Crippen LogP contribution in [0.3, 0.4) is 0 Å². The van der Waals surface area contributed by atoms with Gasteiger partial charge < -0.3 is 4.74 Å². The lowest BCUT2D eigenvalue weighted by Gasteiger charge is -2.27. The van der Waals surface area contributed by atoms with E-state index in [9.17, 15) is 0 Å². The van der Waals surface area contributed by atoms with Crippen molar-refractivity contribution in [3.05, 3.63) is 30.1 Å². The number of pyridine rings is 1. The van der Waals surface area contributed by atoms with Crippen LogP contribution in [0.1, 0.15) is 33.4 Å². The zero-order valence-electron chi connectivity index (χ0n) is 8.74. The zero-order chi connectivity index (χ0) is 9.90. The highest BCUT2D eigenvalue weighted by Crippen LogP contribution is 2.23. The summed E-state index contributed by atoms with van der Waals surface area (Å²) in [6.45, 7) is 8.14. The summed E-state index contributed by atoms with van der Waals surface area (Å²) in [5, 5.41) is 0. The fraction of sp³-hybridized carbons (Fsp3) is 0.545. The Balaban J connectivity index is 2.81. The summed E-state index contributed by atoms with van der Waals surface area (Å²) >= 11 is 0. The molecule has 0 aliphatic rings. The summed E-state index contributed by atoms with van der Waals surface area (Å²) in [5.74, 6) is 0. The van der Waals surface area contributed by atoms with E-state index in [1.807, 2.05) is 45.9 Å². The van der Waals surface area contributed by atoms with E-state index >= 15 is 0 Å². The van der Waals surface area contributed by atoms with E-state index in [1.165, 1.54) is 0 Å². The summed E-state index contributed by atoms with van der Waals surface area (Å²) in [5.41, 5.74) is 0.679. The highest BCUT2D eigenvalue weighted by atomic mass is 16.5. The van der Waals surface area contributed by atoms with Gasteiger partial charge in [-0.3, -0.25) is 4.98 Å². The van der Waals surface area contributed by atoms with E-state index < -0.39 is 0 Å². The van der Waals surface area contributed by atoms with Gasteiger partial charge in [0, 0.05) is 6.20 Å². The van der Waals surface area contributed by atoms with Crippen molar-refractivity contribution in [3.63, 3.8) is 0 Å². The van der Waals surface area contributed by atoms with Gasteiger partial charge in [0.2, 0.25) is 0 Å². The molecule has 1 aromatic heterocycles. The van der Waals surface area contributed by atoms with Crippen molar-refractivity contribution in [2.75, 3.05) is 0 Å². The largest absolute Gasteiger partial charge is 0.367 e. The monoisotopic (exact) mass is 179 g/mol. The van der Waals surface area contributed by atoms with Crippen molar-refractivity contribution < 1.29 is 4.74 Å². The van der Waals surface area contributed by atoms with Crippen LogP contribution in [0.25, 0.3) is 0 Å². The first kappa shape index (κ1) is 10.2. The summed E-state index contributed by atoms with van der Waals surface area (Å²) in [6.07, 6.45) is 2.01. The lowest BCUT2D eigenvalue weighted by atomic mass is 10.0. The van der Waals surface area contributed by atoms with E-state index in [1.54, 1.807) is 6.20 Å². The van der Waals surface area contributed by atoms with E-state index in [-0.39, 0.29) is 11.7 Å². The fourth-order valence-corrected chi connectivity index (χ4v) is 1.37. The van der Waals surface area contributed by atoms with Gasteiger partial charge in [-0.25, -0.2) is 0 Å². The van der Waals surface area contributed by atoms with Gasteiger partial charge in [0.25, 0.3) is 0 Å². The Morgan fingerprint density at radius 2 is 2.00 bits per heavy atom. The maximum absolute atomic E-state index is 5.76. The fourth-order valence-electron chi connectivity index (χ4n) is 1.37. The molecule has 2 nitrogen and oxygen atoms in total.